The van der Waals surface area contributed by atoms with Crippen LogP contribution in [-0.2, 0) is 31.1 Å². The Kier molecular flexibility index (Phi) is 8.13. The molecule has 0 amide bonds. The van der Waals surface area contributed by atoms with Crippen LogP contribution in [0.2, 0.25) is 0 Å². The third-order valence-corrected chi connectivity index (χ3v) is 16.9. The molecule has 2 aliphatic heterocycles. The molecule has 4 aliphatic rings. The fourth-order valence-electron chi connectivity index (χ4n) is 11.6. The van der Waals surface area contributed by atoms with Crippen LogP contribution in [0, 0.1) is 0 Å². The van der Waals surface area contributed by atoms with E-state index in [-0.39, 0.29) is 27.1 Å². The molecular weight excluding hydrogens is 816 g/mol. The van der Waals surface area contributed by atoms with Gasteiger partial charge in [0, 0.05) is 0 Å². The van der Waals surface area contributed by atoms with Crippen molar-refractivity contribution >= 4 is 85.8 Å². The second-order valence-corrected chi connectivity index (χ2v) is 21.3. The summed E-state index contributed by atoms with van der Waals surface area (Å²) in [4.78, 5) is 2.65. The van der Waals surface area contributed by atoms with Crippen molar-refractivity contribution in [3.05, 3.63) is 180 Å². The summed E-state index contributed by atoms with van der Waals surface area (Å²) in [5, 5.41) is 2.83. The molecule has 5 heteroatoms. The van der Waals surface area contributed by atoms with Crippen molar-refractivity contribution in [1.29, 1.82) is 0 Å². The molecule has 0 saturated carbocycles. The first-order valence-corrected chi connectivity index (χ1v) is 24.4. The van der Waals surface area contributed by atoms with E-state index in [1.54, 1.807) is 5.56 Å². The predicted octanol–water partition coefficient (Wildman–Crippen LogP) is 10.2. The molecule has 0 unspecified atom stereocenters. The molecule has 0 bridgehead atoms. The molecule has 2 aliphatic carbocycles. The molecule has 0 spiro atoms. The number of aromatic nitrogens is 2. The van der Waals surface area contributed by atoms with Gasteiger partial charge in [-0.2, -0.15) is 0 Å². The number of hydrogen-bond acceptors (Lipinski definition) is 1. The molecular formula is C57H48BN3Se. The van der Waals surface area contributed by atoms with Gasteiger partial charge in [-0.1, -0.05) is 0 Å². The SMILES string of the molecule is CC(C)(C)c1ccc(N2c3cc(-n4c5c(c6ccccc64)CCC5)ccc3B3c4cc(-c5ccccc5)ccc4[Se]c4cc(-n5c6c(c7ccccc75)CCCC6)cc2c43)cc1. The van der Waals surface area contributed by atoms with E-state index in [0.29, 0.717) is 0 Å². The van der Waals surface area contributed by atoms with Crippen LogP contribution in [0.15, 0.2) is 152 Å². The van der Waals surface area contributed by atoms with Crippen molar-refractivity contribution in [2.24, 2.45) is 0 Å². The number of benzene rings is 7. The van der Waals surface area contributed by atoms with Crippen LogP contribution in [0.25, 0.3) is 44.3 Å². The minimum absolute atomic E-state index is 0.0583. The summed E-state index contributed by atoms with van der Waals surface area (Å²) in [7, 11) is 0. The fourth-order valence-corrected chi connectivity index (χ4v) is 14.1. The number of nitrogens with zero attached hydrogens (tertiary/aromatic N) is 3. The number of fused-ring (bicyclic) bond motifs is 10. The maximum absolute atomic E-state index is 2.65. The molecule has 62 heavy (non-hydrogen) atoms. The van der Waals surface area contributed by atoms with E-state index in [1.165, 1.54) is 128 Å². The van der Waals surface area contributed by atoms with Crippen molar-refractivity contribution in [2.75, 3.05) is 4.90 Å². The Hall–Kier alpha value is -6.00. The summed E-state index contributed by atoms with van der Waals surface area (Å²) in [6, 6.07) is 58.8. The van der Waals surface area contributed by atoms with Crippen molar-refractivity contribution in [3.8, 4) is 22.5 Å². The third kappa shape index (κ3) is 5.44. The molecule has 3 nitrogen and oxygen atoms in total. The van der Waals surface area contributed by atoms with Crippen molar-refractivity contribution in [1.82, 2.24) is 9.13 Å². The normalized spacial score (nSPS) is 15.1. The van der Waals surface area contributed by atoms with Gasteiger partial charge in [0.2, 0.25) is 0 Å². The Bertz CT molecular complexity index is 3290. The fraction of sp³-hybridized carbons (Fsp3) is 0.193. The predicted molar refractivity (Wildman–Crippen MR) is 264 cm³/mol. The topological polar surface area (TPSA) is 13.1 Å². The van der Waals surface area contributed by atoms with E-state index in [4.69, 9.17) is 0 Å². The van der Waals surface area contributed by atoms with Crippen molar-refractivity contribution in [3.63, 3.8) is 0 Å². The molecule has 0 radical (unpaired) electrons. The summed E-state index contributed by atoms with van der Waals surface area (Å²) in [6.07, 6.45) is 8.27. The molecule has 7 aromatic carbocycles. The average molecular weight is 865 g/mol. The van der Waals surface area contributed by atoms with Gasteiger partial charge in [0.15, 0.2) is 0 Å². The van der Waals surface area contributed by atoms with Crippen LogP contribution in [0.3, 0.4) is 0 Å². The summed E-state index contributed by atoms with van der Waals surface area (Å²) in [6.45, 7) is 7.07. The van der Waals surface area contributed by atoms with E-state index >= 15 is 0 Å². The molecule has 13 rings (SSSR count). The van der Waals surface area contributed by atoms with E-state index in [9.17, 15) is 0 Å². The second-order valence-electron chi connectivity index (χ2n) is 19.0. The van der Waals surface area contributed by atoms with Gasteiger partial charge >= 0.3 is 373 Å². The van der Waals surface area contributed by atoms with Crippen LogP contribution in [0.1, 0.15) is 68.1 Å². The third-order valence-electron chi connectivity index (χ3n) is 14.5. The molecule has 2 aromatic heterocycles. The van der Waals surface area contributed by atoms with Gasteiger partial charge in [0.25, 0.3) is 0 Å². The zero-order valence-corrected chi connectivity index (χ0v) is 37.4. The van der Waals surface area contributed by atoms with Crippen LogP contribution in [0.4, 0.5) is 17.1 Å². The van der Waals surface area contributed by atoms with Crippen molar-refractivity contribution in [2.45, 2.75) is 71.1 Å². The Balaban J connectivity index is 1.11. The van der Waals surface area contributed by atoms with Gasteiger partial charge < -0.3 is 0 Å². The molecule has 0 saturated heterocycles. The van der Waals surface area contributed by atoms with Crippen molar-refractivity contribution < 1.29 is 0 Å². The first-order chi connectivity index (χ1) is 30.4. The van der Waals surface area contributed by atoms with E-state index in [1.807, 2.05) is 0 Å². The van der Waals surface area contributed by atoms with Crippen LogP contribution in [0.5, 0.6) is 0 Å². The number of hydrogen-bond donors (Lipinski definition) is 0. The first-order valence-electron chi connectivity index (χ1n) is 22.7. The Morgan fingerprint density at radius 1 is 0.484 bits per heavy atom. The van der Waals surface area contributed by atoms with E-state index < -0.39 is 0 Å². The molecule has 0 atom stereocenters. The molecule has 0 N–H and O–H groups in total. The van der Waals surface area contributed by atoms with Gasteiger partial charge in [-0.25, -0.2) is 0 Å². The number of para-hydroxylation sites is 2. The van der Waals surface area contributed by atoms with Gasteiger partial charge in [0.1, 0.15) is 0 Å². The molecule has 4 heterocycles. The number of rotatable bonds is 4. The van der Waals surface area contributed by atoms with Gasteiger partial charge in [0.05, 0.1) is 0 Å². The number of aryl methyl sites for hydroxylation is 2. The molecule has 300 valence electrons. The monoisotopic (exact) mass is 865 g/mol. The van der Waals surface area contributed by atoms with Crippen LogP contribution in [-0.4, -0.2) is 30.8 Å². The van der Waals surface area contributed by atoms with E-state index in [2.05, 4.69) is 186 Å². The summed E-state index contributed by atoms with van der Waals surface area (Å²) >= 11 is 0.119. The van der Waals surface area contributed by atoms with Gasteiger partial charge in [-0.05, 0) is 0 Å². The molecule has 9 aromatic rings. The van der Waals surface area contributed by atoms with Gasteiger partial charge in [-0.15, -0.1) is 0 Å². The zero-order valence-electron chi connectivity index (χ0n) is 35.7. The summed E-state index contributed by atoms with van der Waals surface area (Å²) in [5.74, 6) is 0. The number of anilines is 3. The van der Waals surface area contributed by atoms with Gasteiger partial charge in [-0.3, -0.25) is 0 Å². The summed E-state index contributed by atoms with van der Waals surface area (Å²) in [5.41, 5.74) is 23.4. The first kappa shape index (κ1) is 36.6. The Labute approximate surface area is 371 Å². The summed E-state index contributed by atoms with van der Waals surface area (Å²) < 4.78 is 8.24. The quantitative estimate of drug-likeness (QED) is 0.161. The standard InChI is InChI=1S/C57H48BN3Se/c1-57(2,3)38-25-27-39(28-26-38)59-52-33-40(60-48-20-10-7-18-44(48)45-19-13-23-51(45)60)29-30-46(52)58-47-32-37(36-14-5-4-6-15-36)24-31-54(47)62-55-35-41(34-53(59)56(55)58)61-49-21-11-8-16-42(49)43-17-9-12-22-50(43)61/h4-8,10-11,14-16,18,20-21,24-35H,9,12-13,17,19,22-23H2,1-3H3. The van der Waals surface area contributed by atoms with E-state index in [0.717, 1.165) is 25.7 Å². The van der Waals surface area contributed by atoms with Crippen LogP contribution >= 0.6 is 0 Å². The minimum atomic E-state index is 0.0583. The zero-order chi connectivity index (χ0) is 41.3. The Morgan fingerprint density at radius 2 is 1.11 bits per heavy atom. The average Bonchev–Trinajstić information content (AvgIpc) is 4.00. The maximum atomic E-state index is 2.65. The molecule has 0 fully saturated rings. The second kappa shape index (κ2) is 13.8. The Morgan fingerprint density at radius 3 is 1.85 bits per heavy atom. The van der Waals surface area contributed by atoms with Crippen LogP contribution < -0.4 is 30.2 Å².